The van der Waals surface area contributed by atoms with Crippen LogP contribution in [0, 0.1) is 11.8 Å². The Balaban J connectivity index is 1.18. The van der Waals surface area contributed by atoms with E-state index in [1.54, 1.807) is 30.3 Å². The van der Waals surface area contributed by atoms with Crippen LogP contribution in [0.4, 0.5) is 0 Å². The van der Waals surface area contributed by atoms with Crippen LogP contribution in [0.2, 0.25) is 0 Å². The minimum atomic E-state index is -2.16. The van der Waals surface area contributed by atoms with Gasteiger partial charge in [0.15, 0.2) is 46.0 Å². The Morgan fingerprint density at radius 1 is 0.729 bits per heavy atom. The number of rotatable bonds is 9. The molecule has 0 aliphatic carbocycles. The lowest BCUT2D eigenvalue weighted by Crippen LogP contribution is -2.63. The van der Waals surface area contributed by atoms with Crippen molar-refractivity contribution < 1.29 is 74.1 Å². The monoisotopic (exact) mass is 672 g/mol. The summed E-state index contributed by atoms with van der Waals surface area (Å²) in [4.78, 5) is 13.0. The van der Waals surface area contributed by atoms with E-state index in [9.17, 15) is 45.6 Å². The molecule has 48 heavy (non-hydrogen) atoms. The highest BCUT2D eigenvalue weighted by Crippen LogP contribution is 2.51. The second kappa shape index (κ2) is 13.3. The molecule has 3 heterocycles. The molecule has 0 bridgehead atoms. The third-order valence-corrected chi connectivity index (χ3v) is 9.10. The molecule has 3 aliphatic heterocycles. The van der Waals surface area contributed by atoms with Gasteiger partial charge in [0.2, 0.25) is 6.29 Å². The summed E-state index contributed by atoms with van der Waals surface area (Å²) in [6.45, 7) is 0.829. The number of carbonyl (C=O) groups is 1. The van der Waals surface area contributed by atoms with Crippen LogP contribution in [0.1, 0.15) is 33.7 Å². The summed E-state index contributed by atoms with van der Waals surface area (Å²) < 4.78 is 34.6. The molecule has 0 amide bonds. The van der Waals surface area contributed by atoms with Crippen molar-refractivity contribution in [1.82, 2.24) is 0 Å². The lowest BCUT2D eigenvalue weighted by Gasteiger charge is -2.41. The zero-order valence-corrected chi connectivity index (χ0v) is 25.7. The maximum absolute atomic E-state index is 13.0. The molecule has 3 saturated heterocycles. The molecule has 3 aromatic rings. The van der Waals surface area contributed by atoms with Crippen molar-refractivity contribution in [1.29, 1.82) is 0 Å². The molecule has 8 N–H and O–H groups in total. The van der Waals surface area contributed by atoms with E-state index < -0.39 is 65.4 Å². The Labute approximate surface area is 273 Å². The van der Waals surface area contributed by atoms with Crippen LogP contribution in [-0.2, 0) is 14.2 Å². The summed E-state index contributed by atoms with van der Waals surface area (Å²) in [5.41, 5.74) is 1.17. The average molecular weight is 673 g/mol. The highest BCUT2D eigenvalue weighted by atomic mass is 16.7. The average Bonchev–Trinajstić information content (AvgIpc) is 3.70. The van der Waals surface area contributed by atoms with Gasteiger partial charge in [-0.1, -0.05) is 12.1 Å². The van der Waals surface area contributed by atoms with Crippen LogP contribution in [0.3, 0.4) is 0 Å². The Morgan fingerprint density at radius 3 is 1.88 bits per heavy atom. The van der Waals surface area contributed by atoms with E-state index in [1.807, 2.05) is 0 Å². The number of benzene rings is 3. The molecule has 10 atom stereocenters. The molecule has 0 spiro atoms. The first kappa shape index (κ1) is 33.5. The van der Waals surface area contributed by atoms with E-state index in [-0.39, 0.29) is 41.3 Å². The molecule has 0 saturated carbocycles. The van der Waals surface area contributed by atoms with Crippen molar-refractivity contribution in [3.63, 3.8) is 0 Å². The number of hydrogen-bond donors (Lipinski definition) is 8. The smallest absolute Gasteiger partial charge is 0.229 e. The number of aromatic hydroxyl groups is 4. The predicted octanol–water partition coefficient (Wildman–Crippen LogP) is 1.03. The number of phenolic OH excluding ortho intramolecular Hbond substituents is 4. The van der Waals surface area contributed by atoms with Gasteiger partial charge in [0.25, 0.3) is 0 Å². The van der Waals surface area contributed by atoms with E-state index in [0.717, 1.165) is 23.3 Å². The van der Waals surface area contributed by atoms with Crippen molar-refractivity contribution in [2.45, 2.75) is 49.0 Å². The summed E-state index contributed by atoms with van der Waals surface area (Å²) >= 11 is 0. The third kappa shape index (κ3) is 5.94. The molecule has 1 unspecified atom stereocenters. The fraction of sp³-hybridized carbons (Fsp3) is 0.424. The zero-order chi connectivity index (χ0) is 34.4. The number of aliphatic hydroxyl groups excluding tert-OH is 4. The van der Waals surface area contributed by atoms with Crippen LogP contribution in [0.5, 0.6) is 40.2 Å². The van der Waals surface area contributed by atoms with E-state index in [0.29, 0.717) is 19.0 Å². The summed E-state index contributed by atoms with van der Waals surface area (Å²) in [6.07, 6.45) is -12.0. The Hall–Kier alpha value is -4.35. The second-order valence-electron chi connectivity index (χ2n) is 11.9. The fourth-order valence-electron chi connectivity index (χ4n) is 6.49. The van der Waals surface area contributed by atoms with Crippen molar-refractivity contribution >= 4 is 5.78 Å². The number of carbonyl (C=O) groups excluding carboxylic acids is 1. The molecule has 258 valence electrons. The largest absolute Gasteiger partial charge is 0.504 e. The quantitative estimate of drug-likeness (QED) is 0.117. The summed E-state index contributed by atoms with van der Waals surface area (Å²) in [7, 11) is 2.86. The van der Waals surface area contributed by atoms with Gasteiger partial charge in [-0.15, -0.1) is 0 Å². The summed E-state index contributed by atoms with van der Waals surface area (Å²) in [6, 6.07) is 11.6. The Kier molecular flexibility index (Phi) is 9.28. The third-order valence-electron chi connectivity index (χ3n) is 9.10. The first-order valence-electron chi connectivity index (χ1n) is 15.0. The summed E-state index contributed by atoms with van der Waals surface area (Å²) in [5.74, 6) is -3.03. The maximum atomic E-state index is 13.0. The molecular formula is C33H36O15. The number of methoxy groups -OCH3 is 2. The van der Waals surface area contributed by atoms with Gasteiger partial charge in [-0.2, -0.15) is 0 Å². The fourth-order valence-corrected chi connectivity index (χ4v) is 6.49. The number of hydrogen-bond acceptors (Lipinski definition) is 15. The zero-order valence-electron chi connectivity index (χ0n) is 25.7. The van der Waals surface area contributed by atoms with Crippen LogP contribution in [0.25, 0.3) is 0 Å². The van der Waals surface area contributed by atoms with Gasteiger partial charge in [-0.05, 0) is 47.5 Å². The van der Waals surface area contributed by atoms with Gasteiger partial charge in [0.1, 0.15) is 30.5 Å². The van der Waals surface area contributed by atoms with Gasteiger partial charge in [0.05, 0.1) is 39.6 Å². The number of ether oxygens (including phenoxy) is 6. The van der Waals surface area contributed by atoms with E-state index in [1.165, 1.54) is 20.3 Å². The van der Waals surface area contributed by atoms with Crippen molar-refractivity contribution in [2.75, 3.05) is 27.4 Å². The number of phenols is 4. The lowest BCUT2D eigenvalue weighted by molar-refractivity contribution is -0.283. The van der Waals surface area contributed by atoms with E-state index in [4.69, 9.17) is 28.4 Å². The summed E-state index contributed by atoms with van der Waals surface area (Å²) in [5, 5.41) is 81.7. The van der Waals surface area contributed by atoms with Crippen molar-refractivity contribution in [3.8, 4) is 40.2 Å². The van der Waals surface area contributed by atoms with Gasteiger partial charge >= 0.3 is 0 Å². The second-order valence-corrected chi connectivity index (χ2v) is 11.9. The first-order valence-corrected chi connectivity index (χ1v) is 15.0. The number of fused-ring (bicyclic) bond motifs is 1. The highest BCUT2D eigenvalue weighted by molar-refractivity contribution is 6.00. The Morgan fingerprint density at radius 2 is 1.29 bits per heavy atom. The van der Waals surface area contributed by atoms with Gasteiger partial charge in [-0.3, -0.25) is 4.79 Å². The molecule has 3 aromatic carbocycles. The SMILES string of the molecule is COc1cc([C@H]2OC[C@H]3[C@@H]2CO[C@@H]3c2ccc(O[C@@H]3O[C@H](C(O)C(=O)c4cc(O)c(O)c(O)c4)[C@@H](O)[C@H](O)[C@H]3O)c(OC)c2)ccc1O. The van der Waals surface area contributed by atoms with Gasteiger partial charge in [0, 0.05) is 17.4 Å². The van der Waals surface area contributed by atoms with Crippen molar-refractivity contribution in [3.05, 3.63) is 65.2 Å². The molecule has 3 aliphatic rings. The molecule has 15 nitrogen and oxygen atoms in total. The molecule has 15 heteroatoms. The highest BCUT2D eigenvalue weighted by Gasteiger charge is 2.50. The molecule has 3 fully saturated rings. The van der Waals surface area contributed by atoms with Gasteiger partial charge in [-0.25, -0.2) is 0 Å². The maximum Gasteiger partial charge on any atom is 0.229 e. The van der Waals surface area contributed by atoms with E-state index >= 15 is 0 Å². The van der Waals surface area contributed by atoms with Crippen LogP contribution >= 0.6 is 0 Å². The topological polar surface area (TPSA) is 234 Å². The van der Waals surface area contributed by atoms with Gasteiger partial charge < -0.3 is 69.3 Å². The predicted molar refractivity (Wildman–Crippen MR) is 161 cm³/mol. The number of aliphatic hydroxyl groups is 4. The molecule has 0 radical (unpaired) electrons. The molecular weight excluding hydrogens is 636 g/mol. The lowest BCUT2D eigenvalue weighted by atomic mass is 9.85. The number of ketones is 1. The number of Topliss-reactive ketones (excluding diaryl/α,β-unsaturated/α-hetero) is 1. The standard InChI is InChI=1S/C33H36O15/c1-43-22-9-13(3-5-18(22)34)30-16-11-46-31(17(16)12-45-30)14-4-6-21(23(10-14)44-2)47-33-29(42)26(39)28(41)32(48-33)27(40)24(37)15-7-19(35)25(38)20(36)8-15/h3-10,16-17,26-36,38-42H,11-12H2,1-2H3/t16-,17-,26-,27?,28-,29+,30+,31+,32+,33+/m0/s1. The minimum Gasteiger partial charge on any atom is -0.504 e. The van der Waals surface area contributed by atoms with E-state index in [2.05, 4.69) is 0 Å². The van der Waals surface area contributed by atoms with Crippen LogP contribution in [0.15, 0.2) is 48.5 Å². The normalized spacial score (nSPS) is 30.4. The van der Waals surface area contributed by atoms with Crippen LogP contribution in [-0.4, -0.2) is 111 Å². The van der Waals surface area contributed by atoms with Crippen molar-refractivity contribution in [2.24, 2.45) is 11.8 Å². The van der Waals surface area contributed by atoms with Crippen LogP contribution < -0.4 is 14.2 Å². The molecule has 6 rings (SSSR count). The first-order chi connectivity index (χ1) is 22.9. The molecule has 0 aromatic heterocycles. The minimum absolute atomic E-state index is 0.0106. The Bertz CT molecular complexity index is 1640.